The van der Waals surface area contributed by atoms with Gasteiger partial charge in [0.1, 0.15) is 5.82 Å². The van der Waals surface area contributed by atoms with Gasteiger partial charge in [0.25, 0.3) is 0 Å². The Kier molecular flexibility index (Phi) is 5.73. The summed E-state index contributed by atoms with van der Waals surface area (Å²) in [5, 5.41) is 13.7. The molecule has 24 heavy (non-hydrogen) atoms. The van der Waals surface area contributed by atoms with Crippen LogP contribution < -0.4 is 14.9 Å². The molecule has 0 saturated heterocycles. The highest BCUT2D eigenvalue weighted by atomic mass is 19.1. The van der Waals surface area contributed by atoms with Gasteiger partial charge in [-0.25, -0.2) is 9.82 Å². The van der Waals surface area contributed by atoms with Crippen LogP contribution in [-0.2, 0) is 11.2 Å². The Hall–Kier alpha value is -3.09. The molecule has 0 heterocycles. The fraction of sp³-hybridized carbons (Fsp3) is 0.176. The van der Waals surface area contributed by atoms with Crippen LogP contribution in [0.5, 0.6) is 17.2 Å². The molecule has 0 unspecified atom stereocenters. The van der Waals surface area contributed by atoms with Crippen LogP contribution in [0, 0.1) is 5.82 Å². The van der Waals surface area contributed by atoms with E-state index in [1.165, 1.54) is 44.7 Å². The third kappa shape index (κ3) is 4.45. The average Bonchev–Trinajstić information content (AvgIpc) is 2.58. The van der Waals surface area contributed by atoms with E-state index in [-0.39, 0.29) is 35.4 Å². The molecular formula is C17H17FN2O4. The van der Waals surface area contributed by atoms with Gasteiger partial charge in [-0.3, -0.25) is 4.79 Å². The molecule has 0 aliphatic heterocycles. The fourth-order valence-corrected chi connectivity index (χ4v) is 1.99. The predicted octanol–water partition coefficient (Wildman–Crippen LogP) is 2.24. The van der Waals surface area contributed by atoms with Gasteiger partial charge < -0.3 is 14.6 Å². The van der Waals surface area contributed by atoms with Gasteiger partial charge in [-0.2, -0.15) is 5.10 Å². The molecule has 0 aliphatic carbocycles. The maximum atomic E-state index is 12.8. The first kappa shape index (κ1) is 17.3. The van der Waals surface area contributed by atoms with E-state index in [4.69, 9.17) is 9.47 Å². The van der Waals surface area contributed by atoms with Crippen molar-refractivity contribution in [2.24, 2.45) is 5.10 Å². The number of hydrazone groups is 1. The van der Waals surface area contributed by atoms with Crippen molar-refractivity contribution in [3.63, 3.8) is 0 Å². The van der Waals surface area contributed by atoms with Crippen molar-refractivity contribution < 1.29 is 23.8 Å². The number of phenolic OH excluding ortho intramolecular Hbond substituents is 1. The summed E-state index contributed by atoms with van der Waals surface area (Å²) in [6.45, 7) is 0. The summed E-state index contributed by atoms with van der Waals surface area (Å²) in [5.74, 6) is -0.345. The third-order valence-corrected chi connectivity index (χ3v) is 3.18. The first-order chi connectivity index (χ1) is 11.5. The zero-order valence-electron chi connectivity index (χ0n) is 13.2. The highest BCUT2D eigenvalue weighted by molar-refractivity contribution is 5.84. The summed E-state index contributed by atoms with van der Waals surface area (Å²) >= 11 is 0. The third-order valence-electron chi connectivity index (χ3n) is 3.18. The van der Waals surface area contributed by atoms with E-state index in [9.17, 15) is 14.3 Å². The summed E-state index contributed by atoms with van der Waals surface area (Å²) in [6.07, 6.45) is 1.48. The summed E-state index contributed by atoms with van der Waals surface area (Å²) in [7, 11) is 2.83. The zero-order valence-corrected chi connectivity index (χ0v) is 13.2. The van der Waals surface area contributed by atoms with Crippen molar-refractivity contribution in [2.45, 2.75) is 6.42 Å². The van der Waals surface area contributed by atoms with E-state index >= 15 is 0 Å². The molecule has 0 radical (unpaired) electrons. The number of aromatic hydroxyl groups is 1. The van der Waals surface area contributed by atoms with E-state index in [0.717, 1.165) is 0 Å². The van der Waals surface area contributed by atoms with Crippen LogP contribution in [0.1, 0.15) is 11.1 Å². The minimum absolute atomic E-state index is 0.0832. The standard InChI is InChI=1S/C17H17FN2O4/c1-23-14-7-12(8-15(24-2)17(14)22)10-19-20-16(21)9-11-3-5-13(18)6-4-11/h3-8,10,22H,9H2,1-2H3,(H,20,21)/b19-10+. The molecule has 0 fully saturated rings. The molecule has 126 valence electrons. The SMILES string of the molecule is COc1cc(/C=N/NC(=O)Cc2ccc(F)cc2)cc(OC)c1O. The van der Waals surface area contributed by atoms with Crippen molar-refractivity contribution in [1.82, 2.24) is 5.43 Å². The second kappa shape index (κ2) is 7.96. The minimum atomic E-state index is -0.354. The monoisotopic (exact) mass is 332 g/mol. The lowest BCUT2D eigenvalue weighted by Crippen LogP contribution is -2.19. The Bertz CT molecular complexity index is 720. The molecule has 2 aromatic rings. The van der Waals surface area contributed by atoms with Crippen molar-refractivity contribution in [2.75, 3.05) is 14.2 Å². The molecule has 1 amide bonds. The first-order valence-corrected chi connectivity index (χ1v) is 7.05. The van der Waals surface area contributed by atoms with Crippen molar-refractivity contribution >= 4 is 12.1 Å². The Morgan fingerprint density at radius 2 is 1.79 bits per heavy atom. The number of carbonyl (C=O) groups is 1. The smallest absolute Gasteiger partial charge is 0.244 e. The molecule has 0 spiro atoms. The molecule has 0 saturated carbocycles. The molecular weight excluding hydrogens is 315 g/mol. The van der Waals surface area contributed by atoms with Gasteiger partial charge in [-0.15, -0.1) is 0 Å². The molecule has 2 N–H and O–H groups in total. The highest BCUT2D eigenvalue weighted by Crippen LogP contribution is 2.36. The van der Waals surface area contributed by atoms with Crippen LogP contribution in [0.15, 0.2) is 41.5 Å². The molecule has 0 atom stereocenters. The average molecular weight is 332 g/mol. The van der Waals surface area contributed by atoms with Crippen molar-refractivity contribution in [3.05, 3.63) is 53.3 Å². The van der Waals surface area contributed by atoms with Gasteiger partial charge in [-0.05, 0) is 29.8 Å². The Morgan fingerprint density at radius 3 is 2.33 bits per heavy atom. The minimum Gasteiger partial charge on any atom is -0.502 e. The number of carbonyl (C=O) groups excluding carboxylic acids is 1. The second-order valence-corrected chi connectivity index (χ2v) is 4.87. The van der Waals surface area contributed by atoms with Gasteiger partial charge in [-0.1, -0.05) is 12.1 Å². The number of ether oxygens (including phenoxy) is 2. The van der Waals surface area contributed by atoms with Crippen molar-refractivity contribution in [3.8, 4) is 17.2 Å². The molecule has 7 heteroatoms. The number of methoxy groups -OCH3 is 2. The van der Waals surface area contributed by atoms with Crippen LogP contribution in [-0.4, -0.2) is 31.4 Å². The largest absolute Gasteiger partial charge is 0.502 e. The predicted molar refractivity (Wildman–Crippen MR) is 87.1 cm³/mol. The summed E-state index contributed by atoms with van der Waals surface area (Å²) in [6, 6.07) is 8.76. The van der Waals surface area contributed by atoms with Crippen LogP contribution in [0.25, 0.3) is 0 Å². The molecule has 0 aromatic heterocycles. The molecule has 2 rings (SSSR count). The number of hydrogen-bond donors (Lipinski definition) is 2. The van der Waals surface area contributed by atoms with Gasteiger partial charge in [0.05, 0.1) is 26.9 Å². The van der Waals surface area contributed by atoms with E-state index in [2.05, 4.69) is 10.5 Å². The topological polar surface area (TPSA) is 80.2 Å². The summed E-state index contributed by atoms with van der Waals surface area (Å²) < 4.78 is 22.9. The van der Waals surface area contributed by atoms with Gasteiger partial charge in [0.2, 0.25) is 11.7 Å². The number of phenols is 1. The number of amides is 1. The lowest BCUT2D eigenvalue weighted by atomic mass is 10.1. The number of nitrogens with zero attached hydrogens (tertiary/aromatic N) is 1. The van der Waals surface area contributed by atoms with Crippen LogP contribution in [0.3, 0.4) is 0 Å². The number of hydrogen-bond acceptors (Lipinski definition) is 5. The van der Waals surface area contributed by atoms with E-state index < -0.39 is 0 Å². The van der Waals surface area contributed by atoms with Gasteiger partial charge in [0.15, 0.2) is 11.5 Å². The normalized spacial score (nSPS) is 10.6. The number of benzene rings is 2. The van der Waals surface area contributed by atoms with Gasteiger partial charge in [0, 0.05) is 5.56 Å². The fourth-order valence-electron chi connectivity index (χ4n) is 1.99. The summed E-state index contributed by atoms with van der Waals surface area (Å²) in [4.78, 5) is 11.8. The number of rotatable bonds is 6. The first-order valence-electron chi connectivity index (χ1n) is 7.05. The number of halogens is 1. The van der Waals surface area contributed by atoms with Crippen molar-refractivity contribution in [1.29, 1.82) is 0 Å². The van der Waals surface area contributed by atoms with Crippen LogP contribution >= 0.6 is 0 Å². The Balaban J connectivity index is 2.00. The Morgan fingerprint density at radius 1 is 1.21 bits per heavy atom. The van der Waals surface area contributed by atoms with Gasteiger partial charge >= 0.3 is 0 Å². The van der Waals surface area contributed by atoms with Crippen LogP contribution in [0.4, 0.5) is 4.39 Å². The lowest BCUT2D eigenvalue weighted by molar-refractivity contribution is -0.120. The van der Waals surface area contributed by atoms with Crippen LogP contribution in [0.2, 0.25) is 0 Å². The molecule has 0 aliphatic rings. The highest BCUT2D eigenvalue weighted by Gasteiger charge is 2.10. The zero-order chi connectivity index (χ0) is 17.5. The second-order valence-electron chi connectivity index (χ2n) is 4.87. The number of nitrogens with one attached hydrogen (secondary N) is 1. The molecule has 0 bridgehead atoms. The van der Waals surface area contributed by atoms with E-state index in [0.29, 0.717) is 11.1 Å². The maximum absolute atomic E-state index is 12.8. The maximum Gasteiger partial charge on any atom is 0.244 e. The molecule has 2 aromatic carbocycles. The van der Waals surface area contributed by atoms with E-state index in [1.807, 2.05) is 0 Å². The summed E-state index contributed by atoms with van der Waals surface area (Å²) in [5.41, 5.74) is 3.63. The van der Waals surface area contributed by atoms with E-state index in [1.54, 1.807) is 12.1 Å². The Labute approximate surface area is 138 Å². The quantitative estimate of drug-likeness (QED) is 0.628. The lowest BCUT2D eigenvalue weighted by Gasteiger charge is -2.09. The molecule has 6 nitrogen and oxygen atoms in total.